The molecule has 0 bridgehead atoms. The van der Waals surface area contributed by atoms with Crippen molar-refractivity contribution < 1.29 is 4.79 Å². The highest BCUT2D eigenvalue weighted by Gasteiger charge is 2.23. The lowest BCUT2D eigenvalue weighted by atomic mass is 10.0. The number of H-pyrrole nitrogens is 1. The van der Waals surface area contributed by atoms with Gasteiger partial charge in [-0.15, -0.1) is 0 Å². The Morgan fingerprint density at radius 2 is 2.21 bits per heavy atom. The minimum absolute atomic E-state index is 0.261. The second kappa shape index (κ2) is 5.08. The Labute approximate surface area is 113 Å². The minimum atomic E-state index is 0.261. The third-order valence-electron chi connectivity index (χ3n) is 4.14. The normalized spacial score (nSPS) is 19.8. The third-order valence-corrected chi connectivity index (χ3v) is 4.14. The quantitative estimate of drug-likeness (QED) is 0.880. The third kappa shape index (κ3) is 2.37. The monoisotopic (exact) mass is 256 g/mol. The molecule has 3 rings (SSSR count). The van der Waals surface area contributed by atoms with Crippen molar-refractivity contribution in [1.29, 1.82) is 0 Å². The van der Waals surface area contributed by atoms with Crippen LogP contribution in [-0.2, 0) is 11.2 Å². The van der Waals surface area contributed by atoms with Crippen LogP contribution in [0.3, 0.4) is 0 Å². The van der Waals surface area contributed by atoms with Crippen LogP contribution in [0.25, 0.3) is 10.9 Å². The Hall–Kier alpha value is -1.77. The molecule has 1 fully saturated rings. The number of carbonyl (C=O) groups excluding carboxylic acids is 1. The van der Waals surface area contributed by atoms with Crippen molar-refractivity contribution in [2.75, 3.05) is 6.54 Å². The Balaban J connectivity index is 1.79. The van der Waals surface area contributed by atoms with Gasteiger partial charge in [0.05, 0.1) is 6.42 Å². The summed E-state index contributed by atoms with van der Waals surface area (Å²) in [6, 6.07) is 8.55. The van der Waals surface area contributed by atoms with Crippen LogP contribution in [-0.4, -0.2) is 28.4 Å². The molecule has 2 aromatic rings. The topological polar surface area (TPSA) is 36.1 Å². The van der Waals surface area contributed by atoms with Gasteiger partial charge in [0.1, 0.15) is 0 Å². The van der Waals surface area contributed by atoms with Crippen LogP contribution in [0.2, 0.25) is 0 Å². The van der Waals surface area contributed by atoms with E-state index in [4.69, 9.17) is 0 Å². The number of likely N-dealkylation sites (tertiary alicyclic amines) is 1. The van der Waals surface area contributed by atoms with E-state index in [1.54, 1.807) is 0 Å². The predicted octanol–water partition coefficient (Wildman–Crippen LogP) is 3.11. The van der Waals surface area contributed by atoms with Crippen molar-refractivity contribution in [2.45, 2.75) is 38.6 Å². The van der Waals surface area contributed by atoms with Gasteiger partial charge >= 0.3 is 0 Å². The molecule has 1 aliphatic rings. The molecule has 0 spiro atoms. The van der Waals surface area contributed by atoms with Crippen LogP contribution in [0.1, 0.15) is 31.7 Å². The molecule has 1 unspecified atom stereocenters. The summed E-state index contributed by atoms with van der Waals surface area (Å²) >= 11 is 0. The van der Waals surface area contributed by atoms with E-state index in [2.05, 4.69) is 18.0 Å². The summed E-state index contributed by atoms with van der Waals surface area (Å²) in [6.07, 6.45) is 6.01. The highest BCUT2D eigenvalue weighted by Crippen LogP contribution is 2.21. The van der Waals surface area contributed by atoms with Gasteiger partial charge in [0.25, 0.3) is 0 Å². The molecule has 3 nitrogen and oxygen atoms in total. The Bertz CT molecular complexity index is 587. The van der Waals surface area contributed by atoms with Crippen LogP contribution >= 0.6 is 0 Å². The molecule has 100 valence electrons. The second-order valence-corrected chi connectivity index (χ2v) is 5.47. The number of aromatic nitrogens is 1. The lowest BCUT2D eigenvalue weighted by Gasteiger charge is -2.33. The Kier molecular flexibility index (Phi) is 3.28. The van der Waals surface area contributed by atoms with E-state index < -0.39 is 0 Å². The summed E-state index contributed by atoms with van der Waals surface area (Å²) in [5.74, 6) is 0.261. The maximum absolute atomic E-state index is 12.4. The molecule has 0 radical (unpaired) electrons. The first-order valence-electron chi connectivity index (χ1n) is 7.10. The molecule has 1 amide bonds. The standard InChI is InChI=1S/C16H20N2O/c1-12-6-4-5-9-18(12)16(19)10-13-11-17-15-8-3-2-7-14(13)15/h2-3,7-8,11-12,17H,4-6,9-10H2,1H3. The lowest BCUT2D eigenvalue weighted by molar-refractivity contribution is -0.133. The number of fused-ring (bicyclic) bond motifs is 1. The number of amides is 1. The minimum Gasteiger partial charge on any atom is -0.361 e. The molecule has 1 aliphatic heterocycles. The first-order valence-corrected chi connectivity index (χ1v) is 7.10. The molecular formula is C16H20N2O. The molecule has 1 atom stereocenters. The highest BCUT2D eigenvalue weighted by atomic mass is 16.2. The zero-order valence-corrected chi connectivity index (χ0v) is 11.4. The van der Waals surface area contributed by atoms with Crippen LogP contribution in [0, 0.1) is 0 Å². The molecule has 1 saturated heterocycles. The number of nitrogens with one attached hydrogen (secondary N) is 1. The average Bonchev–Trinajstić information content (AvgIpc) is 2.83. The molecule has 19 heavy (non-hydrogen) atoms. The van der Waals surface area contributed by atoms with E-state index in [1.165, 1.54) is 11.8 Å². The van der Waals surface area contributed by atoms with Crippen LogP contribution in [0.4, 0.5) is 0 Å². The van der Waals surface area contributed by atoms with Gasteiger partial charge in [-0.3, -0.25) is 4.79 Å². The van der Waals surface area contributed by atoms with Crippen molar-refractivity contribution >= 4 is 16.8 Å². The Morgan fingerprint density at radius 1 is 1.37 bits per heavy atom. The molecule has 0 saturated carbocycles. The maximum atomic E-state index is 12.4. The number of benzene rings is 1. The summed E-state index contributed by atoms with van der Waals surface area (Å²) in [6.45, 7) is 3.08. The SMILES string of the molecule is CC1CCCCN1C(=O)Cc1c[nH]c2ccccc12. The summed E-state index contributed by atoms with van der Waals surface area (Å²) in [4.78, 5) is 17.7. The second-order valence-electron chi connectivity index (χ2n) is 5.47. The zero-order chi connectivity index (χ0) is 13.2. The first-order chi connectivity index (χ1) is 9.25. The van der Waals surface area contributed by atoms with Crippen LogP contribution < -0.4 is 0 Å². The summed E-state index contributed by atoms with van der Waals surface area (Å²) in [7, 11) is 0. The fourth-order valence-corrected chi connectivity index (χ4v) is 3.01. The highest BCUT2D eigenvalue weighted by molar-refractivity contribution is 5.89. The van der Waals surface area contributed by atoms with E-state index >= 15 is 0 Å². The number of carbonyl (C=O) groups is 1. The molecule has 1 aromatic carbocycles. The van der Waals surface area contributed by atoms with Crippen molar-refractivity contribution in [3.63, 3.8) is 0 Å². The maximum Gasteiger partial charge on any atom is 0.227 e. The predicted molar refractivity (Wildman–Crippen MR) is 77.0 cm³/mol. The number of piperidine rings is 1. The molecule has 2 heterocycles. The van der Waals surface area contributed by atoms with E-state index in [0.29, 0.717) is 12.5 Å². The average molecular weight is 256 g/mol. The van der Waals surface area contributed by atoms with Crippen LogP contribution in [0.15, 0.2) is 30.5 Å². The number of aromatic amines is 1. The molecule has 3 heteroatoms. The molecule has 0 aliphatic carbocycles. The van der Waals surface area contributed by atoms with E-state index in [1.807, 2.05) is 29.3 Å². The Morgan fingerprint density at radius 3 is 3.05 bits per heavy atom. The van der Waals surface area contributed by atoms with Crippen molar-refractivity contribution in [2.24, 2.45) is 0 Å². The summed E-state index contributed by atoms with van der Waals surface area (Å²) in [5, 5.41) is 1.17. The fourth-order valence-electron chi connectivity index (χ4n) is 3.01. The lowest BCUT2D eigenvalue weighted by Crippen LogP contribution is -2.42. The van der Waals surface area contributed by atoms with Crippen molar-refractivity contribution in [1.82, 2.24) is 9.88 Å². The number of para-hydroxylation sites is 1. The number of hydrogen-bond acceptors (Lipinski definition) is 1. The largest absolute Gasteiger partial charge is 0.361 e. The van der Waals surface area contributed by atoms with Gasteiger partial charge in [0.2, 0.25) is 5.91 Å². The van der Waals surface area contributed by atoms with Gasteiger partial charge in [-0.2, -0.15) is 0 Å². The summed E-state index contributed by atoms with van der Waals surface area (Å²) < 4.78 is 0. The molecular weight excluding hydrogens is 236 g/mol. The number of rotatable bonds is 2. The zero-order valence-electron chi connectivity index (χ0n) is 11.4. The van der Waals surface area contributed by atoms with Gasteiger partial charge in [-0.25, -0.2) is 0 Å². The summed E-state index contributed by atoms with van der Waals surface area (Å²) in [5.41, 5.74) is 2.22. The van der Waals surface area contributed by atoms with Gasteiger partial charge in [0.15, 0.2) is 0 Å². The van der Waals surface area contributed by atoms with Gasteiger partial charge in [0, 0.05) is 29.7 Å². The molecule has 1 N–H and O–H groups in total. The fraction of sp³-hybridized carbons (Fsp3) is 0.438. The van der Waals surface area contributed by atoms with Crippen molar-refractivity contribution in [3.8, 4) is 0 Å². The van der Waals surface area contributed by atoms with Gasteiger partial charge < -0.3 is 9.88 Å². The van der Waals surface area contributed by atoms with E-state index in [0.717, 1.165) is 30.5 Å². The van der Waals surface area contributed by atoms with Gasteiger partial charge in [-0.1, -0.05) is 18.2 Å². The van der Waals surface area contributed by atoms with Crippen molar-refractivity contribution in [3.05, 3.63) is 36.0 Å². The number of nitrogens with zero attached hydrogens (tertiary/aromatic N) is 1. The number of hydrogen-bond donors (Lipinski definition) is 1. The first kappa shape index (κ1) is 12.3. The van der Waals surface area contributed by atoms with E-state index in [-0.39, 0.29) is 5.91 Å². The smallest absolute Gasteiger partial charge is 0.227 e. The van der Waals surface area contributed by atoms with E-state index in [9.17, 15) is 4.79 Å². The molecule has 1 aromatic heterocycles. The van der Waals surface area contributed by atoms with Crippen LogP contribution in [0.5, 0.6) is 0 Å². The van der Waals surface area contributed by atoms with Gasteiger partial charge in [-0.05, 0) is 37.8 Å².